The summed E-state index contributed by atoms with van der Waals surface area (Å²) in [6.07, 6.45) is 0.774. The van der Waals surface area contributed by atoms with Gasteiger partial charge in [0.05, 0.1) is 0 Å². The Morgan fingerprint density at radius 3 is 2.46 bits per heavy atom. The summed E-state index contributed by atoms with van der Waals surface area (Å²) in [6, 6.07) is 18.5. The van der Waals surface area contributed by atoms with E-state index in [0.29, 0.717) is 0 Å². The van der Waals surface area contributed by atoms with Gasteiger partial charge in [0.1, 0.15) is 15.8 Å². The Morgan fingerprint density at radius 2 is 1.67 bits per heavy atom. The minimum Gasteiger partial charge on any atom is -0.220 e. The van der Waals surface area contributed by atoms with E-state index >= 15 is 0 Å². The first-order valence-corrected chi connectivity index (χ1v) is 9.10. The fraction of sp³-hybridized carbons (Fsp3) is 0.111. The second kappa shape index (κ2) is 6.59. The standard InChI is InChI=1S/C18H14N4S2/c1-12-19-18(24-21-12)15-9-5-6-13(10-15)11-16-20-17(22-23-16)14-7-3-2-4-8-14/h2-10H,11H2,1H3. The van der Waals surface area contributed by atoms with Crippen molar-refractivity contribution in [3.63, 3.8) is 0 Å². The van der Waals surface area contributed by atoms with Crippen molar-refractivity contribution < 1.29 is 0 Å². The lowest BCUT2D eigenvalue weighted by Crippen LogP contribution is -1.89. The van der Waals surface area contributed by atoms with Crippen molar-refractivity contribution >= 4 is 23.1 Å². The third kappa shape index (κ3) is 3.25. The van der Waals surface area contributed by atoms with Crippen LogP contribution in [0.3, 0.4) is 0 Å². The van der Waals surface area contributed by atoms with Crippen LogP contribution in [0.2, 0.25) is 0 Å². The van der Waals surface area contributed by atoms with Crippen molar-refractivity contribution in [1.82, 2.24) is 18.7 Å². The fourth-order valence-corrected chi connectivity index (χ4v) is 3.80. The van der Waals surface area contributed by atoms with Crippen LogP contribution in [0.4, 0.5) is 0 Å². The molecule has 0 amide bonds. The predicted octanol–water partition coefficient (Wildman–Crippen LogP) is 4.62. The van der Waals surface area contributed by atoms with E-state index in [4.69, 9.17) is 0 Å². The Labute approximate surface area is 148 Å². The van der Waals surface area contributed by atoms with Crippen molar-refractivity contribution in [2.75, 3.05) is 0 Å². The molecule has 0 bridgehead atoms. The Balaban J connectivity index is 1.57. The largest absolute Gasteiger partial charge is 0.220 e. The van der Waals surface area contributed by atoms with E-state index in [1.165, 1.54) is 28.6 Å². The quantitative estimate of drug-likeness (QED) is 0.539. The second-order valence-electron chi connectivity index (χ2n) is 5.40. The van der Waals surface area contributed by atoms with Crippen molar-refractivity contribution in [3.8, 4) is 22.0 Å². The molecule has 0 unspecified atom stereocenters. The van der Waals surface area contributed by atoms with Gasteiger partial charge in [-0.2, -0.15) is 8.75 Å². The summed E-state index contributed by atoms with van der Waals surface area (Å²) in [5, 5.41) is 1.97. The average molecular weight is 350 g/mol. The maximum absolute atomic E-state index is 4.66. The Kier molecular flexibility index (Phi) is 4.15. The first kappa shape index (κ1) is 15.1. The Morgan fingerprint density at radius 1 is 0.833 bits per heavy atom. The lowest BCUT2D eigenvalue weighted by atomic mass is 10.1. The number of hydrogen-bond donors (Lipinski definition) is 0. The molecule has 24 heavy (non-hydrogen) atoms. The maximum atomic E-state index is 4.66. The maximum Gasteiger partial charge on any atom is 0.173 e. The topological polar surface area (TPSA) is 51.6 Å². The van der Waals surface area contributed by atoms with Crippen LogP contribution >= 0.6 is 23.1 Å². The highest BCUT2D eigenvalue weighted by Gasteiger charge is 2.09. The Hall–Kier alpha value is -2.44. The zero-order chi connectivity index (χ0) is 16.4. The number of aromatic nitrogens is 4. The highest BCUT2D eigenvalue weighted by molar-refractivity contribution is 7.09. The summed E-state index contributed by atoms with van der Waals surface area (Å²) in [5.41, 5.74) is 3.36. The van der Waals surface area contributed by atoms with Gasteiger partial charge in [-0.25, -0.2) is 9.97 Å². The third-order valence-electron chi connectivity index (χ3n) is 3.56. The number of rotatable bonds is 4. The Bertz CT molecular complexity index is 960. The van der Waals surface area contributed by atoms with Crippen LogP contribution in [0.15, 0.2) is 54.6 Å². The van der Waals surface area contributed by atoms with Crippen molar-refractivity contribution in [2.45, 2.75) is 13.3 Å². The van der Waals surface area contributed by atoms with E-state index < -0.39 is 0 Å². The average Bonchev–Trinajstić information content (AvgIpc) is 3.25. The van der Waals surface area contributed by atoms with Gasteiger partial charge >= 0.3 is 0 Å². The third-order valence-corrected chi connectivity index (χ3v) is 5.12. The van der Waals surface area contributed by atoms with Gasteiger partial charge in [-0.05, 0) is 41.6 Å². The van der Waals surface area contributed by atoms with Crippen LogP contribution in [0.1, 0.15) is 16.4 Å². The molecule has 6 heteroatoms. The molecule has 0 spiro atoms. The summed E-state index contributed by atoms with van der Waals surface area (Å²) in [6.45, 7) is 1.91. The molecule has 0 aliphatic heterocycles. The van der Waals surface area contributed by atoms with Gasteiger partial charge in [0.25, 0.3) is 0 Å². The van der Waals surface area contributed by atoms with E-state index in [-0.39, 0.29) is 0 Å². The molecule has 0 radical (unpaired) electrons. The van der Waals surface area contributed by atoms with Gasteiger partial charge in [0.2, 0.25) is 0 Å². The smallest absolute Gasteiger partial charge is 0.173 e. The van der Waals surface area contributed by atoms with Crippen molar-refractivity contribution in [3.05, 3.63) is 71.0 Å². The molecule has 2 heterocycles. The number of benzene rings is 2. The molecule has 4 aromatic rings. The first-order valence-electron chi connectivity index (χ1n) is 7.55. The van der Waals surface area contributed by atoms with E-state index in [9.17, 15) is 0 Å². The monoisotopic (exact) mass is 350 g/mol. The summed E-state index contributed by atoms with van der Waals surface area (Å²) in [7, 11) is 0. The zero-order valence-corrected chi connectivity index (χ0v) is 14.6. The van der Waals surface area contributed by atoms with Crippen LogP contribution < -0.4 is 0 Å². The predicted molar refractivity (Wildman–Crippen MR) is 98.2 cm³/mol. The minimum atomic E-state index is 0.774. The van der Waals surface area contributed by atoms with Crippen LogP contribution in [-0.4, -0.2) is 18.7 Å². The van der Waals surface area contributed by atoms with Crippen LogP contribution in [0, 0.1) is 6.92 Å². The first-order chi connectivity index (χ1) is 11.8. The lowest BCUT2D eigenvalue weighted by molar-refractivity contribution is 1.13. The fourth-order valence-electron chi connectivity index (χ4n) is 2.43. The van der Waals surface area contributed by atoms with Gasteiger partial charge in [-0.3, -0.25) is 0 Å². The molecule has 0 aliphatic rings. The second-order valence-corrected chi connectivity index (χ2v) is 6.99. The minimum absolute atomic E-state index is 0.774. The van der Waals surface area contributed by atoms with Crippen LogP contribution in [-0.2, 0) is 6.42 Å². The highest BCUT2D eigenvalue weighted by Crippen LogP contribution is 2.24. The molecule has 4 nitrogen and oxygen atoms in total. The van der Waals surface area contributed by atoms with Crippen LogP contribution in [0.25, 0.3) is 22.0 Å². The number of hydrogen-bond acceptors (Lipinski definition) is 6. The summed E-state index contributed by atoms with van der Waals surface area (Å²) in [4.78, 5) is 9.12. The SMILES string of the molecule is Cc1nsc(-c2cccc(Cc3nc(-c4ccccc4)ns3)c2)n1. The molecule has 0 fully saturated rings. The summed E-state index contributed by atoms with van der Waals surface area (Å²) >= 11 is 2.89. The van der Waals surface area contributed by atoms with E-state index in [1.54, 1.807) is 0 Å². The summed E-state index contributed by atoms with van der Waals surface area (Å²) in [5.74, 6) is 1.61. The van der Waals surface area contributed by atoms with Crippen LogP contribution in [0.5, 0.6) is 0 Å². The lowest BCUT2D eigenvalue weighted by Gasteiger charge is -2.01. The van der Waals surface area contributed by atoms with Gasteiger partial charge in [-0.15, -0.1) is 0 Å². The number of aryl methyl sites for hydroxylation is 1. The van der Waals surface area contributed by atoms with E-state index in [1.807, 2.05) is 37.3 Å². The normalized spacial score (nSPS) is 10.9. The molecule has 118 valence electrons. The number of nitrogens with zero attached hydrogens (tertiary/aromatic N) is 4. The molecule has 2 aromatic heterocycles. The highest BCUT2D eigenvalue weighted by atomic mass is 32.1. The van der Waals surface area contributed by atoms with Gasteiger partial charge in [0, 0.05) is 17.5 Å². The summed E-state index contributed by atoms with van der Waals surface area (Å²) < 4.78 is 8.73. The molecule has 0 atom stereocenters. The molecular weight excluding hydrogens is 336 g/mol. The van der Waals surface area contributed by atoms with Gasteiger partial charge < -0.3 is 0 Å². The molecule has 4 rings (SSSR count). The molecule has 0 saturated carbocycles. The van der Waals surface area contributed by atoms with E-state index in [2.05, 4.69) is 43.0 Å². The van der Waals surface area contributed by atoms with Crippen molar-refractivity contribution in [1.29, 1.82) is 0 Å². The molecule has 0 N–H and O–H groups in total. The molecular formula is C18H14N4S2. The molecule has 2 aromatic carbocycles. The zero-order valence-electron chi connectivity index (χ0n) is 13.0. The van der Waals surface area contributed by atoms with Crippen molar-refractivity contribution in [2.24, 2.45) is 0 Å². The molecule has 0 aliphatic carbocycles. The molecule has 0 saturated heterocycles. The van der Waals surface area contributed by atoms with Gasteiger partial charge in [0.15, 0.2) is 5.82 Å². The van der Waals surface area contributed by atoms with Gasteiger partial charge in [-0.1, -0.05) is 48.5 Å². The van der Waals surface area contributed by atoms with E-state index in [0.717, 1.165) is 39.2 Å².